The number of carbonyl (C=O) groups excluding carboxylic acids is 1. The minimum Gasteiger partial charge on any atom is -0.385 e. The number of nitrogens with zero attached hydrogens (tertiary/aromatic N) is 1. The lowest BCUT2D eigenvalue weighted by atomic mass is 10.2. The van der Waals surface area contributed by atoms with Crippen LogP contribution in [0.2, 0.25) is 10.0 Å². The molecule has 2 aromatic carbocycles. The summed E-state index contributed by atoms with van der Waals surface area (Å²) in [6.45, 7) is 2.09. The molecule has 1 amide bonds. The van der Waals surface area contributed by atoms with Crippen LogP contribution < -0.4 is 9.62 Å². The second-order valence-corrected chi connectivity index (χ2v) is 8.85. The third kappa shape index (κ3) is 5.82. The Morgan fingerprint density at radius 3 is 2.41 bits per heavy atom. The highest BCUT2D eigenvalue weighted by atomic mass is 35.5. The Bertz CT molecular complexity index is 955. The average molecular weight is 463 g/mol. The first kappa shape index (κ1) is 23.4. The highest BCUT2D eigenvalue weighted by molar-refractivity contribution is 7.93. The van der Waals surface area contributed by atoms with Crippen LogP contribution in [0.4, 0.5) is 10.1 Å². The first-order valence-corrected chi connectivity index (χ1v) is 10.9. The number of nitrogens with one attached hydrogen (secondary N) is 1. The highest BCUT2D eigenvalue weighted by Gasteiger charge is 2.35. The predicted octanol–water partition coefficient (Wildman–Crippen LogP) is 3.87. The fourth-order valence-corrected chi connectivity index (χ4v) is 4.51. The molecule has 0 aliphatic rings. The number of rotatable bonds is 9. The van der Waals surface area contributed by atoms with Crippen molar-refractivity contribution in [2.24, 2.45) is 0 Å². The van der Waals surface area contributed by atoms with Crippen molar-refractivity contribution < 1.29 is 22.3 Å². The quantitative estimate of drug-likeness (QED) is 0.573. The van der Waals surface area contributed by atoms with Crippen molar-refractivity contribution in [2.75, 3.05) is 24.6 Å². The molecular formula is C19H21Cl2FN2O4S. The Morgan fingerprint density at radius 2 is 1.79 bits per heavy atom. The fourth-order valence-electron chi connectivity index (χ4n) is 2.60. The number of ether oxygens (including phenoxy) is 1. The number of hydrogen-bond acceptors (Lipinski definition) is 4. The number of halogens is 3. The zero-order valence-electron chi connectivity index (χ0n) is 15.9. The predicted molar refractivity (Wildman–Crippen MR) is 111 cm³/mol. The maximum Gasteiger partial charge on any atom is 0.265 e. The normalized spacial score (nSPS) is 12.4. The second kappa shape index (κ2) is 10.2. The second-order valence-electron chi connectivity index (χ2n) is 6.16. The fraction of sp³-hybridized carbons (Fsp3) is 0.316. The van der Waals surface area contributed by atoms with Crippen molar-refractivity contribution in [1.29, 1.82) is 0 Å². The number of carbonyl (C=O) groups is 1. The summed E-state index contributed by atoms with van der Waals surface area (Å²) in [5, 5.41) is 3.10. The van der Waals surface area contributed by atoms with Crippen molar-refractivity contribution in [3.63, 3.8) is 0 Å². The monoisotopic (exact) mass is 462 g/mol. The van der Waals surface area contributed by atoms with Crippen LogP contribution in [-0.2, 0) is 19.6 Å². The average Bonchev–Trinajstić information content (AvgIpc) is 2.68. The highest BCUT2D eigenvalue weighted by Crippen LogP contribution is 2.31. The number of hydrogen-bond donors (Lipinski definition) is 1. The number of sulfonamides is 1. The van der Waals surface area contributed by atoms with E-state index in [2.05, 4.69) is 5.32 Å². The summed E-state index contributed by atoms with van der Waals surface area (Å²) in [7, 11) is -2.76. The molecule has 2 rings (SSSR count). The first-order valence-electron chi connectivity index (χ1n) is 8.70. The Hall–Kier alpha value is -1.87. The Labute approximate surface area is 179 Å². The number of anilines is 1. The molecule has 1 N–H and O–H groups in total. The maximum atomic E-state index is 14.6. The van der Waals surface area contributed by atoms with E-state index in [9.17, 15) is 17.6 Å². The lowest BCUT2D eigenvalue weighted by Crippen LogP contribution is -2.48. The molecule has 0 aliphatic carbocycles. The van der Waals surface area contributed by atoms with Crippen molar-refractivity contribution in [3.05, 3.63) is 58.3 Å². The molecule has 158 valence electrons. The van der Waals surface area contributed by atoms with E-state index < -0.39 is 27.8 Å². The van der Waals surface area contributed by atoms with Gasteiger partial charge < -0.3 is 10.1 Å². The van der Waals surface area contributed by atoms with E-state index in [1.54, 1.807) is 0 Å². The molecule has 1 atom stereocenters. The number of amides is 1. The van der Waals surface area contributed by atoms with Crippen LogP contribution in [0.1, 0.15) is 13.3 Å². The summed E-state index contributed by atoms with van der Waals surface area (Å²) in [6.07, 6.45) is 0.546. The van der Waals surface area contributed by atoms with Crippen molar-refractivity contribution >= 4 is 44.8 Å². The van der Waals surface area contributed by atoms with Crippen LogP contribution in [-0.4, -0.2) is 40.6 Å². The molecule has 29 heavy (non-hydrogen) atoms. The Morgan fingerprint density at radius 1 is 1.17 bits per heavy atom. The molecule has 0 aromatic heterocycles. The standard InChI is InChI=1S/C19H21Cl2FN2O4S/c1-13(19(25)23-10-3-11-28-2)24(18-12-15(21)6-9-17(18)22)29(26,27)16-7-4-14(20)5-8-16/h4-9,12-13H,3,10-11H2,1-2H3,(H,23,25)/t13-/m1/s1. The van der Waals surface area contributed by atoms with E-state index in [1.165, 1.54) is 50.4 Å². The van der Waals surface area contributed by atoms with E-state index in [-0.39, 0.29) is 22.2 Å². The zero-order valence-corrected chi connectivity index (χ0v) is 18.2. The van der Waals surface area contributed by atoms with Crippen LogP contribution >= 0.6 is 23.2 Å². The molecular weight excluding hydrogens is 442 g/mol. The molecule has 0 unspecified atom stereocenters. The minimum atomic E-state index is -4.30. The Balaban J connectivity index is 2.47. The number of benzene rings is 2. The smallest absolute Gasteiger partial charge is 0.265 e. The molecule has 0 saturated carbocycles. The summed E-state index contributed by atoms with van der Waals surface area (Å²) in [5.41, 5.74) is -0.327. The van der Waals surface area contributed by atoms with E-state index in [0.29, 0.717) is 18.1 Å². The van der Waals surface area contributed by atoms with Crippen LogP contribution in [0, 0.1) is 5.82 Å². The molecule has 0 radical (unpaired) electrons. The van der Waals surface area contributed by atoms with Gasteiger partial charge in [0.05, 0.1) is 10.6 Å². The van der Waals surface area contributed by atoms with Gasteiger partial charge in [0.2, 0.25) is 5.91 Å². The number of methoxy groups -OCH3 is 1. The molecule has 0 fully saturated rings. The van der Waals surface area contributed by atoms with Gasteiger partial charge in [0.1, 0.15) is 11.9 Å². The van der Waals surface area contributed by atoms with Gasteiger partial charge in [-0.15, -0.1) is 0 Å². The van der Waals surface area contributed by atoms with Crippen LogP contribution in [0.3, 0.4) is 0 Å². The summed E-state index contributed by atoms with van der Waals surface area (Å²) >= 11 is 11.8. The first-order chi connectivity index (χ1) is 13.7. The van der Waals surface area contributed by atoms with Gasteiger partial charge in [-0.25, -0.2) is 12.8 Å². The zero-order chi connectivity index (χ0) is 21.6. The molecule has 0 bridgehead atoms. The third-order valence-corrected chi connectivity index (χ3v) is 6.46. The van der Waals surface area contributed by atoms with E-state index in [1.807, 2.05) is 0 Å². The molecule has 2 aromatic rings. The summed E-state index contributed by atoms with van der Waals surface area (Å²) in [5.74, 6) is -1.41. The topological polar surface area (TPSA) is 75.7 Å². The molecule has 10 heteroatoms. The van der Waals surface area contributed by atoms with Gasteiger partial charge in [-0.2, -0.15) is 0 Å². The molecule has 0 spiro atoms. The van der Waals surface area contributed by atoms with E-state index in [4.69, 9.17) is 27.9 Å². The minimum absolute atomic E-state index is 0.130. The van der Waals surface area contributed by atoms with Crippen molar-refractivity contribution in [3.8, 4) is 0 Å². The van der Waals surface area contributed by atoms with Gasteiger partial charge in [0.15, 0.2) is 0 Å². The van der Waals surface area contributed by atoms with Crippen molar-refractivity contribution in [2.45, 2.75) is 24.3 Å². The van der Waals surface area contributed by atoms with E-state index in [0.717, 1.165) is 10.4 Å². The van der Waals surface area contributed by atoms with Crippen LogP contribution in [0.5, 0.6) is 0 Å². The largest absolute Gasteiger partial charge is 0.385 e. The van der Waals surface area contributed by atoms with Crippen LogP contribution in [0.25, 0.3) is 0 Å². The summed E-state index contributed by atoms with van der Waals surface area (Å²) < 4.78 is 46.8. The molecule has 6 nitrogen and oxygen atoms in total. The van der Waals surface area contributed by atoms with Crippen LogP contribution in [0.15, 0.2) is 47.4 Å². The van der Waals surface area contributed by atoms with Gasteiger partial charge in [-0.05, 0) is 55.8 Å². The van der Waals surface area contributed by atoms with E-state index >= 15 is 0 Å². The van der Waals surface area contributed by atoms with Gasteiger partial charge >= 0.3 is 0 Å². The third-order valence-electron chi connectivity index (χ3n) is 4.07. The summed E-state index contributed by atoms with van der Waals surface area (Å²) in [6, 6.07) is 7.64. The molecule has 0 aliphatic heterocycles. The Kier molecular flexibility index (Phi) is 8.27. The lowest BCUT2D eigenvalue weighted by molar-refractivity contribution is -0.121. The van der Waals surface area contributed by atoms with Crippen molar-refractivity contribution in [1.82, 2.24) is 5.32 Å². The lowest BCUT2D eigenvalue weighted by Gasteiger charge is -2.30. The van der Waals surface area contributed by atoms with Gasteiger partial charge in [-0.1, -0.05) is 23.2 Å². The van der Waals surface area contributed by atoms with Gasteiger partial charge in [0.25, 0.3) is 10.0 Å². The SMILES string of the molecule is COCCCNC(=O)[C@@H](C)N(c1cc(Cl)ccc1F)S(=O)(=O)c1ccc(Cl)cc1. The molecule has 0 saturated heterocycles. The summed E-state index contributed by atoms with van der Waals surface area (Å²) in [4.78, 5) is 12.5. The van der Waals surface area contributed by atoms with Gasteiger partial charge in [-0.3, -0.25) is 9.10 Å². The maximum absolute atomic E-state index is 14.6. The van der Waals surface area contributed by atoms with Gasteiger partial charge in [0, 0.05) is 30.3 Å². The molecule has 0 heterocycles.